The maximum absolute atomic E-state index is 12.1. The molecule has 7 nitrogen and oxygen atoms in total. The smallest absolute Gasteiger partial charge is 0.328 e. The molecule has 0 saturated heterocycles. The van der Waals surface area contributed by atoms with Crippen LogP contribution in [0, 0.1) is 5.92 Å². The molecule has 0 aromatic carbocycles. The molecule has 0 spiro atoms. The number of aromatic nitrogens is 1. The molecular formula is C14H20N2O5. The Hall–Kier alpha value is -1.99. The molecule has 0 fully saturated rings. The first-order chi connectivity index (χ1) is 10.1. The lowest BCUT2D eigenvalue weighted by molar-refractivity contribution is -0.145. The summed E-state index contributed by atoms with van der Waals surface area (Å²) in [6, 6.07) is 4.08. The fourth-order valence-electron chi connectivity index (χ4n) is 1.88. The van der Waals surface area contributed by atoms with Gasteiger partial charge in [0.05, 0.1) is 20.3 Å². The predicted octanol–water partition coefficient (Wildman–Crippen LogP) is 0.262. The number of esters is 1. The molecule has 116 valence electrons. The highest BCUT2D eigenvalue weighted by atomic mass is 16.5. The summed E-state index contributed by atoms with van der Waals surface area (Å²) in [6.45, 7) is 0.492. The van der Waals surface area contributed by atoms with Gasteiger partial charge in [0.2, 0.25) is 0 Å². The SMILES string of the molecule is COCC(COC)[C@H](NC(=O)c1ccccn1)C(=O)OC. The molecule has 1 rings (SSSR count). The van der Waals surface area contributed by atoms with E-state index in [0.29, 0.717) is 0 Å². The molecule has 0 aliphatic carbocycles. The van der Waals surface area contributed by atoms with E-state index in [4.69, 9.17) is 14.2 Å². The van der Waals surface area contributed by atoms with Gasteiger partial charge in [-0.15, -0.1) is 0 Å². The van der Waals surface area contributed by atoms with Gasteiger partial charge in [0.15, 0.2) is 0 Å². The third-order valence-electron chi connectivity index (χ3n) is 2.87. The number of methoxy groups -OCH3 is 3. The zero-order valence-corrected chi connectivity index (χ0v) is 12.4. The summed E-state index contributed by atoms with van der Waals surface area (Å²) in [4.78, 5) is 28.0. The number of nitrogens with zero attached hydrogens (tertiary/aromatic N) is 1. The number of hydrogen-bond acceptors (Lipinski definition) is 6. The second-order valence-electron chi connectivity index (χ2n) is 4.36. The lowest BCUT2D eigenvalue weighted by atomic mass is 10.0. The summed E-state index contributed by atoms with van der Waals surface area (Å²) >= 11 is 0. The van der Waals surface area contributed by atoms with Crippen molar-refractivity contribution in [3.63, 3.8) is 0 Å². The lowest BCUT2D eigenvalue weighted by Gasteiger charge is -2.24. The topological polar surface area (TPSA) is 86.8 Å². The first kappa shape index (κ1) is 17.1. The molecule has 1 aromatic heterocycles. The molecule has 0 aliphatic rings. The first-order valence-corrected chi connectivity index (χ1v) is 6.41. The molecule has 0 bridgehead atoms. The minimum atomic E-state index is -0.871. The van der Waals surface area contributed by atoms with Crippen molar-refractivity contribution in [3.05, 3.63) is 30.1 Å². The Morgan fingerprint density at radius 2 is 1.86 bits per heavy atom. The van der Waals surface area contributed by atoms with Crippen molar-refractivity contribution in [1.82, 2.24) is 10.3 Å². The van der Waals surface area contributed by atoms with E-state index >= 15 is 0 Å². The van der Waals surface area contributed by atoms with Crippen LogP contribution in [0.2, 0.25) is 0 Å². The molecule has 1 N–H and O–H groups in total. The Morgan fingerprint density at radius 3 is 2.33 bits per heavy atom. The number of ether oxygens (including phenoxy) is 3. The third-order valence-corrected chi connectivity index (χ3v) is 2.87. The summed E-state index contributed by atoms with van der Waals surface area (Å²) in [6.07, 6.45) is 1.50. The third kappa shape index (κ3) is 5.13. The lowest BCUT2D eigenvalue weighted by Crippen LogP contribution is -2.49. The second kappa shape index (κ2) is 9.04. The van der Waals surface area contributed by atoms with Crippen LogP contribution < -0.4 is 5.32 Å². The van der Waals surface area contributed by atoms with E-state index in [1.807, 2.05) is 0 Å². The molecule has 7 heteroatoms. The van der Waals surface area contributed by atoms with Crippen LogP contribution in [0.15, 0.2) is 24.4 Å². The number of amides is 1. The molecule has 1 heterocycles. The average Bonchev–Trinajstić information content (AvgIpc) is 2.52. The van der Waals surface area contributed by atoms with Crippen molar-refractivity contribution in [2.24, 2.45) is 5.92 Å². The Bertz CT molecular complexity index is 446. The molecular weight excluding hydrogens is 276 g/mol. The van der Waals surface area contributed by atoms with Crippen LogP contribution in [0.3, 0.4) is 0 Å². The second-order valence-corrected chi connectivity index (χ2v) is 4.36. The van der Waals surface area contributed by atoms with Crippen LogP contribution in [0.4, 0.5) is 0 Å². The Kier molecular flexibility index (Phi) is 7.34. The quantitative estimate of drug-likeness (QED) is 0.693. The van der Waals surface area contributed by atoms with E-state index in [0.717, 1.165) is 0 Å². The van der Waals surface area contributed by atoms with Crippen molar-refractivity contribution >= 4 is 11.9 Å². The summed E-state index contributed by atoms with van der Waals surface area (Å²) in [5.41, 5.74) is 0.222. The van der Waals surface area contributed by atoms with E-state index in [1.54, 1.807) is 18.2 Å². The van der Waals surface area contributed by atoms with Crippen LogP contribution in [0.5, 0.6) is 0 Å². The fourth-order valence-corrected chi connectivity index (χ4v) is 1.88. The van der Waals surface area contributed by atoms with Gasteiger partial charge < -0.3 is 19.5 Å². The minimum absolute atomic E-state index is 0.222. The van der Waals surface area contributed by atoms with Crippen LogP contribution >= 0.6 is 0 Å². The molecule has 1 amide bonds. The van der Waals surface area contributed by atoms with E-state index < -0.39 is 17.9 Å². The Balaban J connectivity index is 2.86. The maximum Gasteiger partial charge on any atom is 0.328 e. The van der Waals surface area contributed by atoms with Crippen LogP contribution in [0.25, 0.3) is 0 Å². The first-order valence-electron chi connectivity index (χ1n) is 6.41. The van der Waals surface area contributed by atoms with Gasteiger partial charge in [-0.1, -0.05) is 6.07 Å². The van der Waals surface area contributed by atoms with Gasteiger partial charge >= 0.3 is 5.97 Å². The highest BCUT2D eigenvalue weighted by Crippen LogP contribution is 2.09. The summed E-state index contributed by atoms with van der Waals surface area (Å²) in [5, 5.41) is 2.62. The molecule has 0 unspecified atom stereocenters. The zero-order valence-electron chi connectivity index (χ0n) is 12.4. The summed E-state index contributed by atoms with van der Waals surface area (Å²) in [5.74, 6) is -1.37. The van der Waals surface area contributed by atoms with Crippen molar-refractivity contribution in [3.8, 4) is 0 Å². The number of carbonyl (C=O) groups is 2. The van der Waals surface area contributed by atoms with Gasteiger partial charge in [0.1, 0.15) is 11.7 Å². The van der Waals surface area contributed by atoms with Gasteiger partial charge in [-0.2, -0.15) is 0 Å². The largest absolute Gasteiger partial charge is 0.467 e. The molecule has 1 atom stereocenters. The predicted molar refractivity (Wildman–Crippen MR) is 74.7 cm³/mol. The van der Waals surface area contributed by atoms with Crippen LogP contribution in [-0.2, 0) is 19.0 Å². The summed E-state index contributed by atoms with van der Waals surface area (Å²) in [7, 11) is 4.29. The van der Waals surface area contributed by atoms with Crippen LogP contribution in [-0.4, -0.2) is 57.4 Å². The number of hydrogen-bond donors (Lipinski definition) is 1. The highest BCUT2D eigenvalue weighted by Gasteiger charge is 2.31. The Labute approximate surface area is 123 Å². The zero-order chi connectivity index (χ0) is 15.7. The normalized spacial score (nSPS) is 12.0. The van der Waals surface area contributed by atoms with Gasteiger partial charge in [0.25, 0.3) is 5.91 Å². The number of pyridine rings is 1. The average molecular weight is 296 g/mol. The summed E-state index contributed by atoms with van der Waals surface area (Å²) < 4.78 is 14.9. The van der Waals surface area contributed by atoms with E-state index in [1.165, 1.54) is 27.5 Å². The van der Waals surface area contributed by atoms with E-state index in [-0.39, 0.29) is 24.8 Å². The fraction of sp³-hybridized carbons (Fsp3) is 0.500. The highest BCUT2D eigenvalue weighted by molar-refractivity contribution is 5.95. The number of carbonyl (C=O) groups excluding carboxylic acids is 2. The van der Waals surface area contributed by atoms with Crippen molar-refractivity contribution in [1.29, 1.82) is 0 Å². The minimum Gasteiger partial charge on any atom is -0.467 e. The van der Waals surface area contributed by atoms with Gasteiger partial charge in [-0.3, -0.25) is 9.78 Å². The van der Waals surface area contributed by atoms with Gasteiger partial charge in [-0.25, -0.2) is 4.79 Å². The van der Waals surface area contributed by atoms with Crippen molar-refractivity contribution in [2.75, 3.05) is 34.5 Å². The molecule has 0 radical (unpaired) electrons. The monoisotopic (exact) mass is 296 g/mol. The van der Waals surface area contributed by atoms with Crippen molar-refractivity contribution in [2.45, 2.75) is 6.04 Å². The number of nitrogens with one attached hydrogen (secondary N) is 1. The molecule has 21 heavy (non-hydrogen) atoms. The Morgan fingerprint density at radius 1 is 1.19 bits per heavy atom. The van der Waals surface area contributed by atoms with Crippen molar-refractivity contribution < 1.29 is 23.8 Å². The van der Waals surface area contributed by atoms with Gasteiger partial charge in [-0.05, 0) is 12.1 Å². The number of rotatable bonds is 8. The van der Waals surface area contributed by atoms with E-state index in [9.17, 15) is 9.59 Å². The van der Waals surface area contributed by atoms with Crippen LogP contribution in [0.1, 0.15) is 10.5 Å². The van der Waals surface area contributed by atoms with E-state index in [2.05, 4.69) is 10.3 Å². The maximum atomic E-state index is 12.1. The van der Waals surface area contributed by atoms with Gasteiger partial charge in [0, 0.05) is 26.3 Å². The molecule has 1 aromatic rings. The standard InChI is InChI=1S/C14H20N2O5/c1-19-8-10(9-20-2)12(14(18)21-3)16-13(17)11-6-4-5-7-15-11/h4-7,10,12H,8-9H2,1-3H3,(H,16,17)/t12-/m0/s1. The molecule has 0 saturated carbocycles. The molecule has 0 aliphatic heterocycles.